The predicted octanol–water partition coefficient (Wildman–Crippen LogP) is 3.06. The Morgan fingerprint density at radius 2 is 2.29 bits per heavy atom. The molecular formula is C17H27N3O. The minimum Gasteiger partial charge on any atom is -0.497 e. The van der Waals surface area contributed by atoms with E-state index in [2.05, 4.69) is 41.8 Å². The number of nitrogens with zero attached hydrogens (tertiary/aromatic N) is 2. The Balaban J connectivity index is 2.67. The van der Waals surface area contributed by atoms with Gasteiger partial charge in [0, 0.05) is 20.1 Å². The molecule has 0 spiro atoms. The number of unbranched alkanes of at least 4 members (excludes halogenated alkanes) is 1. The molecule has 0 heterocycles. The zero-order chi connectivity index (χ0) is 15.5. The number of rotatable bonds is 8. The summed E-state index contributed by atoms with van der Waals surface area (Å²) in [5.74, 6) is 1.80. The Morgan fingerprint density at radius 3 is 2.95 bits per heavy atom. The van der Waals surface area contributed by atoms with Crippen LogP contribution < -0.4 is 10.1 Å². The number of nitrogens with one attached hydrogen (secondary N) is 1. The zero-order valence-corrected chi connectivity index (χ0v) is 13.4. The van der Waals surface area contributed by atoms with Crippen LogP contribution >= 0.6 is 0 Å². The van der Waals surface area contributed by atoms with Crippen LogP contribution in [0.1, 0.15) is 25.3 Å². The van der Waals surface area contributed by atoms with Crippen molar-refractivity contribution in [3.05, 3.63) is 42.5 Å². The van der Waals surface area contributed by atoms with Gasteiger partial charge < -0.3 is 15.0 Å². The molecule has 0 fully saturated rings. The number of hydrogen-bond donors (Lipinski definition) is 1. The summed E-state index contributed by atoms with van der Waals surface area (Å²) in [6.07, 6.45) is 4.07. The highest BCUT2D eigenvalue weighted by Gasteiger charge is 2.04. The first-order valence-electron chi connectivity index (χ1n) is 7.44. The van der Waals surface area contributed by atoms with E-state index >= 15 is 0 Å². The molecule has 0 atom stereocenters. The van der Waals surface area contributed by atoms with E-state index in [1.807, 2.05) is 24.3 Å². The van der Waals surface area contributed by atoms with E-state index in [0.717, 1.165) is 43.2 Å². The van der Waals surface area contributed by atoms with Crippen LogP contribution in [0.3, 0.4) is 0 Å². The maximum atomic E-state index is 5.24. The highest BCUT2D eigenvalue weighted by molar-refractivity contribution is 5.79. The Hall–Kier alpha value is -1.97. The molecular weight excluding hydrogens is 262 g/mol. The van der Waals surface area contributed by atoms with Gasteiger partial charge in [-0.05, 0) is 37.5 Å². The summed E-state index contributed by atoms with van der Waals surface area (Å²) in [6.45, 7) is 8.31. The number of methoxy groups -OCH3 is 1. The van der Waals surface area contributed by atoms with E-state index in [9.17, 15) is 0 Å². The van der Waals surface area contributed by atoms with Crippen molar-refractivity contribution in [1.82, 2.24) is 10.2 Å². The molecule has 0 amide bonds. The summed E-state index contributed by atoms with van der Waals surface area (Å²) in [5.41, 5.74) is 1.14. The van der Waals surface area contributed by atoms with Gasteiger partial charge in [0.05, 0.1) is 13.7 Å². The second-order valence-corrected chi connectivity index (χ2v) is 4.87. The average molecular weight is 289 g/mol. The number of guanidine groups is 1. The van der Waals surface area contributed by atoms with Crippen LogP contribution in [-0.4, -0.2) is 38.1 Å². The average Bonchev–Trinajstić information content (AvgIpc) is 2.51. The molecule has 1 rings (SSSR count). The standard InChI is InChI=1S/C17H27N3O/c1-5-7-8-12-20(3)17(18-6-2)19-14-15-10-9-11-16(13-15)21-4/h5,9-11,13H,1,6-8,12,14H2,2-4H3,(H,18,19). The molecule has 4 nitrogen and oxygen atoms in total. The highest BCUT2D eigenvalue weighted by atomic mass is 16.5. The predicted molar refractivity (Wildman–Crippen MR) is 89.9 cm³/mol. The Labute approximate surface area is 128 Å². The summed E-state index contributed by atoms with van der Waals surface area (Å²) in [4.78, 5) is 6.85. The lowest BCUT2D eigenvalue weighted by molar-refractivity contribution is 0.414. The van der Waals surface area contributed by atoms with Crippen LogP contribution in [0.25, 0.3) is 0 Å². The zero-order valence-electron chi connectivity index (χ0n) is 13.4. The van der Waals surface area contributed by atoms with Crippen molar-refractivity contribution in [2.45, 2.75) is 26.3 Å². The number of aliphatic imine (C=N–C) groups is 1. The van der Waals surface area contributed by atoms with Crippen molar-refractivity contribution >= 4 is 5.96 Å². The molecule has 21 heavy (non-hydrogen) atoms. The van der Waals surface area contributed by atoms with Gasteiger partial charge in [0.1, 0.15) is 5.75 Å². The molecule has 0 bridgehead atoms. The van der Waals surface area contributed by atoms with E-state index in [4.69, 9.17) is 4.74 Å². The van der Waals surface area contributed by atoms with Crippen molar-refractivity contribution in [3.63, 3.8) is 0 Å². The summed E-state index contributed by atoms with van der Waals surface area (Å²) in [5, 5.41) is 3.33. The molecule has 116 valence electrons. The van der Waals surface area contributed by atoms with Crippen molar-refractivity contribution < 1.29 is 4.74 Å². The van der Waals surface area contributed by atoms with Gasteiger partial charge in [-0.15, -0.1) is 6.58 Å². The van der Waals surface area contributed by atoms with Crippen molar-refractivity contribution in [2.24, 2.45) is 4.99 Å². The monoisotopic (exact) mass is 289 g/mol. The molecule has 1 aromatic carbocycles. The quantitative estimate of drug-likeness (QED) is 0.346. The third-order valence-electron chi connectivity index (χ3n) is 3.14. The smallest absolute Gasteiger partial charge is 0.193 e. The molecule has 0 aromatic heterocycles. The number of allylic oxidation sites excluding steroid dienone is 1. The van der Waals surface area contributed by atoms with E-state index < -0.39 is 0 Å². The lowest BCUT2D eigenvalue weighted by atomic mass is 10.2. The molecule has 0 saturated heterocycles. The molecule has 0 aliphatic heterocycles. The van der Waals surface area contributed by atoms with Gasteiger partial charge in [-0.3, -0.25) is 0 Å². The van der Waals surface area contributed by atoms with Crippen molar-refractivity contribution in [2.75, 3.05) is 27.2 Å². The van der Waals surface area contributed by atoms with Crippen LogP contribution in [0.15, 0.2) is 41.9 Å². The largest absolute Gasteiger partial charge is 0.497 e. The van der Waals surface area contributed by atoms with Gasteiger partial charge in [-0.1, -0.05) is 18.2 Å². The first kappa shape index (κ1) is 17.1. The Kier molecular flexibility index (Phi) is 8.02. The van der Waals surface area contributed by atoms with Crippen LogP contribution in [-0.2, 0) is 6.54 Å². The molecule has 1 N–H and O–H groups in total. The van der Waals surface area contributed by atoms with Crippen molar-refractivity contribution in [3.8, 4) is 5.75 Å². The SMILES string of the molecule is C=CCCCN(C)C(=NCc1cccc(OC)c1)NCC. The molecule has 0 saturated carbocycles. The molecule has 0 aliphatic carbocycles. The summed E-state index contributed by atoms with van der Waals surface area (Å²) < 4.78 is 5.24. The Bertz CT molecular complexity index is 457. The van der Waals surface area contributed by atoms with Gasteiger partial charge in [-0.2, -0.15) is 0 Å². The summed E-state index contributed by atoms with van der Waals surface area (Å²) in [7, 11) is 3.75. The van der Waals surface area contributed by atoms with Crippen molar-refractivity contribution in [1.29, 1.82) is 0 Å². The lowest BCUT2D eigenvalue weighted by Crippen LogP contribution is -2.39. The topological polar surface area (TPSA) is 36.9 Å². The third kappa shape index (κ3) is 6.34. The number of benzene rings is 1. The van der Waals surface area contributed by atoms with E-state index in [1.165, 1.54) is 0 Å². The molecule has 0 unspecified atom stereocenters. The van der Waals surface area contributed by atoms with Gasteiger partial charge in [0.15, 0.2) is 5.96 Å². The molecule has 0 aliphatic rings. The summed E-state index contributed by atoms with van der Waals surface area (Å²) >= 11 is 0. The minimum atomic E-state index is 0.644. The maximum absolute atomic E-state index is 5.24. The molecule has 0 radical (unpaired) electrons. The van der Waals surface area contributed by atoms with Crippen LogP contribution in [0, 0.1) is 0 Å². The molecule has 1 aromatic rings. The first-order chi connectivity index (χ1) is 10.2. The fraction of sp³-hybridized carbons (Fsp3) is 0.471. The Morgan fingerprint density at radius 1 is 1.48 bits per heavy atom. The second kappa shape index (κ2) is 9.86. The number of ether oxygens (including phenoxy) is 1. The summed E-state index contributed by atoms with van der Waals surface area (Å²) in [6, 6.07) is 8.02. The first-order valence-corrected chi connectivity index (χ1v) is 7.44. The van der Waals surface area contributed by atoms with Gasteiger partial charge in [-0.25, -0.2) is 4.99 Å². The lowest BCUT2D eigenvalue weighted by Gasteiger charge is -2.21. The van der Waals surface area contributed by atoms with Gasteiger partial charge >= 0.3 is 0 Å². The normalized spacial score (nSPS) is 11.1. The second-order valence-electron chi connectivity index (χ2n) is 4.87. The van der Waals surface area contributed by atoms with Crippen LogP contribution in [0.5, 0.6) is 5.75 Å². The molecule has 4 heteroatoms. The van der Waals surface area contributed by atoms with Crippen LogP contribution in [0.2, 0.25) is 0 Å². The fourth-order valence-corrected chi connectivity index (χ4v) is 1.99. The number of hydrogen-bond acceptors (Lipinski definition) is 2. The maximum Gasteiger partial charge on any atom is 0.193 e. The van der Waals surface area contributed by atoms with Gasteiger partial charge in [0.2, 0.25) is 0 Å². The third-order valence-corrected chi connectivity index (χ3v) is 3.14. The van der Waals surface area contributed by atoms with Crippen LogP contribution in [0.4, 0.5) is 0 Å². The van der Waals surface area contributed by atoms with E-state index in [0.29, 0.717) is 6.54 Å². The van der Waals surface area contributed by atoms with E-state index in [1.54, 1.807) is 7.11 Å². The minimum absolute atomic E-state index is 0.644. The van der Waals surface area contributed by atoms with E-state index in [-0.39, 0.29) is 0 Å². The fourth-order valence-electron chi connectivity index (χ4n) is 1.99. The van der Waals surface area contributed by atoms with Gasteiger partial charge in [0.25, 0.3) is 0 Å². The highest BCUT2D eigenvalue weighted by Crippen LogP contribution is 2.13.